The van der Waals surface area contributed by atoms with Crippen LogP contribution in [0, 0.1) is 5.92 Å². The predicted octanol–water partition coefficient (Wildman–Crippen LogP) is 3.82. The number of halogens is 2. The van der Waals surface area contributed by atoms with E-state index in [1.807, 2.05) is 0 Å². The van der Waals surface area contributed by atoms with Crippen molar-refractivity contribution < 1.29 is 19.5 Å². The lowest BCUT2D eigenvalue weighted by Crippen LogP contribution is -2.42. The van der Waals surface area contributed by atoms with Crippen LogP contribution >= 0.6 is 23.2 Å². The van der Waals surface area contributed by atoms with Crippen LogP contribution in [0.1, 0.15) is 38.5 Å². The highest BCUT2D eigenvalue weighted by atomic mass is 35.5. The van der Waals surface area contributed by atoms with E-state index in [4.69, 9.17) is 28.3 Å². The summed E-state index contributed by atoms with van der Waals surface area (Å²) in [4.78, 5) is 38.1. The van der Waals surface area contributed by atoms with Gasteiger partial charge in [0.2, 0.25) is 11.8 Å². The standard InChI is InChI=1S/C18H22Cl2N2O4/c19-14-7-5-12(11-15(14)20)21-17(25)13(6-8-16(23)24)18(26)22-9-3-1-2-4-10-22/h5,7,11,13H,1-4,6,8-10H2,(H,21,25)(H,23,24). The number of carboxylic acids is 1. The Hall–Kier alpha value is -1.79. The molecule has 1 unspecified atom stereocenters. The van der Waals surface area contributed by atoms with Gasteiger partial charge in [-0.1, -0.05) is 36.0 Å². The van der Waals surface area contributed by atoms with E-state index in [9.17, 15) is 14.4 Å². The average molecular weight is 401 g/mol. The summed E-state index contributed by atoms with van der Waals surface area (Å²) in [6.45, 7) is 1.20. The Balaban J connectivity index is 2.13. The van der Waals surface area contributed by atoms with E-state index in [0.717, 1.165) is 25.7 Å². The molecule has 6 nitrogen and oxygen atoms in total. The largest absolute Gasteiger partial charge is 0.481 e. The monoisotopic (exact) mass is 400 g/mol. The fraction of sp³-hybridized carbons (Fsp3) is 0.500. The maximum absolute atomic E-state index is 12.8. The third kappa shape index (κ3) is 5.88. The van der Waals surface area contributed by atoms with Crippen LogP contribution < -0.4 is 5.32 Å². The van der Waals surface area contributed by atoms with Gasteiger partial charge in [0.15, 0.2) is 0 Å². The maximum Gasteiger partial charge on any atom is 0.303 e. The Morgan fingerprint density at radius 2 is 1.73 bits per heavy atom. The fourth-order valence-corrected chi connectivity index (χ4v) is 3.25. The van der Waals surface area contributed by atoms with Gasteiger partial charge >= 0.3 is 5.97 Å². The number of nitrogens with one attached hydrogen (secondary N) is 1. The minimum atomic E-state index is -1.04. The van der Waals surface area contributed by atoms with Crippen molar-refractivity contribution >= 4 is 46.7 Å². The molecule has 0 aliphatic carbocycles. The van der Waals surface area contributed by atoms with Crippen molar-refractivity contribution in [1.82, 2.24) is 4.90 Å². The third-order valence-electron chi connectivity index (χ3n) is 4.37. The quantitative estimate of drug-likeness (QED) is 0.710. The Labute approximate surface area is 162 Å². The average Bonchev–Trinajstić information content (AvgIpc) is 2.87. The van der Waals surface area contributed by atoms with E-state index in [1.165, 1.54) is 6.07 Å². The summed E-state index contributed by atoms with van der Waals surface area (Å²) < 4.78 is 0. The molecule has 2 amide bonds. The molecule has 0 spiro atoms. The van der Waals surface area contributed by atoms with Crippen molar-refractivity contribution in [3.8, 4) is 0 Å². The molecule has 0 radical (unpaired) electrons. The highest BCUT2D eigenvalue weighted by molar-refractivity contribution is 6.42. The van der Waals surface area contributed by atoms with Crippen molar-refractivity contribution in [2.24, 2.45) is 5.92 Å². The number of carboxylic acid groups (broad SMARTS) is 1. The molecule has 1 aliphatic rings. The SMILES string of the molecule is O=C(O)CCC(C(=O)Nc1ccc(Cl)c(Cl)c1)C(=O)N1CCCCCC1. The Kier molecular flexibility index (Phi) is 7.72. The summed E-state index contributed by atoms with van der Waals surface area (Å²) in [5.41, 5.74) is 0.411. The highest BCUT2D eigenvalue weighted by Gasteiger charge is 2.31. The molecule has 0 bridgehead atoms. The van der Waals surface area contributed by atoms with Gasteiger partial charge in [-0.2, -0.15) is 0 Å². The van der Waals surface area contributed by atoms with Crippen LogP contribution in [0.4, 0.5) is 5.69 Å². The molecule has 1 aromatic rings. The first-order valence-electron chi connectivity index (χ1n) is 8.65. The molecule has 1 heterocycles. The minimum absolute atomic E-state index is 0.0438. The number of hydrogen-bond acceptors (Lipinski definition) is 3. The molecule has 1 atom stereocenters. The summed E-state index contributed by atoms with van der Waals surface area (Å²) in [5.74, 6) is -2.93. The summed E-state index contributed by atoms with van der Waals surface area (Å²) in [7, 11) is 0. The second-order valence-electron chi connectivity index (χ2n) is 6.34. The smallest absolute Gasteiger partial charge is 0.303 e. The number of hydrogen-bond donors (Lipinski definition) is 2. The lowest BCUT2D eigenvalue weighted by atomic mass is 10.00. The first-order valence-corrected chi connectivity index (χ1v) is 9.40. The van der Waals surface area contributed by atoms with Crippen LogP contribution in [0.3, 0.4) is 0 Å². The molecular formula is C18H22Cl2N2O4. The molecule has 2 rings (SSSR count). The molecule has 1 aromatic carbocycles. The third-order valence-corrected chi connectivity index (χ3v) is 5.11. The number of rotatable bonds is 6. The zero-order chi connectivity index (χ0) is 19.1. The number of benzene rings is 1. The van der Waals surface area contributed by atoms with Crippen LogP contribution in [0.15, 0.2) is 18.2 Å². The van der Waals surface area contributed by atoms with Gasteiger partial charge in [-0.25, -0.2) is 0 Å². The zero-order valence-electron chi connectivity index (χ0n) is 14.3. The van der Waals surface area contributed by atoms with Crippen molar-refractivity contribution in [3.63, 3.8) is 0 Å². The lowest BCUT2D eigenvalue weighted by molar-refractivity contribution is -0.141. The van der Waals surface area contributed by atoms with Gasteiger partial charge in [0.1, 0.15) is 5.92 Å². The van der Waals surface area contributed by atoms with E-state index in [2.05, 4.69) is 5.32 Å². The molecule has 1 fully saturated rings. The van der Waals surface area contributed by atoms with E-state index in [1.54, 1.807) is 17.0 Å². The van der Waals surface area contributed by atoms with Gasteiger partial charge in [0, 0.05) is 25.2 Å². The number of likely N-dealkylation sites (tertiary alicyclic amines) is 1. The number of carbonyl (C=O) groups is 3. The fourth-order valence-electron chi connectivity index (χ4n) is 2.95. The second-order valence-corrected chi connectivity index (χ2v) is 7.16. The number of amides is 2. The summed E-state index contributed by atoms with van der Waals surface area (Å²) in [6, 6.07) is 4.62. The molecule has 1 aliphatic heterocycles. The first-order chi connectivity index (χ1) is 12.4. The van der Waals surface area contributed by atoms with E-state index >= 15 is 0 Å². The van der Waals surface area contributed by atoms with E-state index < -0.39 is 17.8 Å². The highest BCUT2D eigenvalue weighted by Crippen LogP contribution is 2.26. The number of aliphatic carboxylic acids is 1. The van der Waals surface area contributed by atoms with Gasteiger partial charge in [-0.05, 0) is 37.5 Å². The van der Waals surface area contributed by atoms with Crippen molar-refractivity contribution in [3.05, 3.63) is 28.2 Å². The van der Waals surface area contributed by atoms with Crippen molar-refractivity contribution in [2.75, 3.05) is 18.4 Å². The predicted molar refractivity (Wildman–Crippen MR) is 100 cm³/mol. The van der Waals surface area contributed by atoms with E-state index in [0.29, 0.717) is 23.8 Å². The van der Waals surface area contributed by atoms with Gasteiger partial charge in [0.25, 0.3) is 0 Å². The molecule has 26 heavy (non-hydrogen) atoms. The molecule has 8 heteroatoms. The van der Waals surface area contributed by atoms with Gasteiger partial charge in [-0.3, -0.25) is 14.4 Å². The second kappa shape index (κ2) is 9.78. The summed E-state index contributed by atoms with van der Waals surface area (Å²) in [5, 5.41) is 12.2. The van der Waals surface area contributed by atoms with Gasteiger partial charge in [-0.15, -0.1) is 0 Å². The van der Waals surface area contributed by atoms with Crippen LogP contribution in [-0.4, -0.2) is 40.9 Å². The maximum atomic E-state index is 12.8. The van der Waals surface area contributed by atoms with Crippen molar-refractivity contribution in [2.45, 2.75) is 38.5 Å². The van der Waals surface area contributed by atoms with Crippen LogP contribution in [0.5, 0.6) is 0 Å². The minimum Gasteiger partial charge on any atom is -0.481 e. The number of anilines is 1. The molecule has 1 saturated heterocycles. The number of nitrogens with zero attached hydrogens (tertiary/aromatic N) is 1. The van der Waals surface area contributed by atoms with Gasteiger partial charge in [0.05, 0.1) is 10.0 Å². The molecule has 142 valence electrons. The zero-order valence-corrected chi connectivity index (χ0v) is 15.9. The molecule has 0 saturated carbocycles. The summed E-state index contributed by atoms with van der Waals surface area (Å²) >= 11 is 11.8. The normalized spacial score (nSPS) is 15.8. The van der Waals surface area contributed by atoms with Crippen molar-refractivity contribution in [1.29, 1.82) is 0 Å². The first kappa shape index (κ1) is 20.5. The topological polar surface area (TPSA) is 86.7 Å². The Bertz CT molecular complexity index is 673. The van der Waals surface area contributed by atoms with Crippen LogP contribution in [0.2, 0.25) is 10.0 Å². The number of carbonyl (C=O) groups excluding carboxylic acids is 2. The van der Waals surface area contributed by atoms with Crippen LogP contribution in [-0.2, 0) is 14.4 Å². The Morgan fingerprint density at radius 1 is 1.08 bits per heavy atom. The molecule has 2 N–H and O–H groups in total. The lowest BCUT2D eigenvalue weighted by Gasteiger charge is -2.25. The molecular weight excluding hydrogens is 379 g/mol. The molecule has 0 aromatic heterocycles. The Morgan fingerprint density at radius 3 is 2.31 bits per heavy atom. The summed E-state index contributed by atoms with van der Waals surface area (Å²) in [6.07, 6.45) is 3.60. The van der Waals surface area contributed by atoms with Gasteiger partial charge < -0.3 is 15.3 Å². The van der Waals surface area contributed by atoms with Crippen LogP contribution in [0.25, 0.3) is 0 Å². The van der Waals surface area contributed by atoms with E-state index in [-0.39, 0.29) is 23.8 Å².